The van der Waals surface area contributed by atoms with E-state index in [1.165, 1.54) is 15.3 Å². The molecule has 0 amide bonds. The van der Waals surface area contributed by atoms with Crippen LogP contribution < -0.4 is 5.32 Å². The molecule has 2 rings (SSSR count). The molecule has 17 heavy (non-hydrogen) atoms. The van der Waals surface area contributed by atoms with E-state index < -0.39 is 0 Å². The Morgan fingerprint density at radius 3 is 2.53 bits per heavy atom. The van der Waals surface area contributed by atoms with E-state index >= 15 is 0 Å². The summed E-state index contributed by atoms with van der Waals surface area (Å²) in [6.07, 6.45) is 0. The lowest BCUT2D eigenvalue weighted by molar-refractivity contribution is 0.501. The van der Waals surface area contributed by atoms with Crippen molar-refractivity contribution in [3.8, 4) is 0 Å². The third-order valence-corrected chi connectivity index (χ3v) is 5.07. The van der Waals surface area contributed by atoms with Crippen molar-refractivity contribution in [3.05, 3.63) is 43.2 Å². The maximum Gasteiger partial charge on any atom is 0.0931 e. The molecule has 0 aliphatic heterocycles. The number of nitrogens with one attached hydrogen (secondary N) is 1. The molecule has 0 radical (unpaired) electrons. The Kier molecular flexibility index (Phi) is 4.26. The van der Waals surface area contributed by atoms with E-state index in [2.05, 4.69) is 43.6 Å². The van der Waals surface area contributed by atoms with Gasteiger partial charge in [0, 0.05) is 21.8 Å². The molecule has 0 saturated carbocycles. The summed E-state index contributed by atoms with van der Waals surface area (Å²) in [4.78, 5) is 2.75. The first-order valence-electron chi connectivity index (χ1n) is 5.62. The topological polar surface area (TPSA) is 12.0 Å². The van der Waals surface area contributed by atoms with Gasteiger partial charge in [-0.05, 0) is 49.9 Å². The summed E-state index contributed by atoms with van der Waals surface area (Å²) < 4.78 is 0.855. The molecule has 0 spiro atoms. The molecule has 0 fully saturated rings. The van der Waals surface area contributed by atoms with Crippen LogP contribution in [-0.2, 0) is 0 Å². The zero-order chi connectivity index (χ0) is 12.4. The third kappa shape index (κ3) is 3.32. The predicted octanol–water partition coefficient (Wildman–Crippen LogP) is 5.18. The zero-order valence-electron chi connectivity index (χ0n) is 10.2. The Morgan fingerprint density at radius 1 is 1.24 bits per heavy atom. The minimum absolute atomic E-state index is 0.330. The fourth-order valence-electron chi connectivity index (χ4n) is 1.79. The summed E-state index contributed by atoms with van der Waals surface area (Å²) in [5, 5.41) is 5.71. The summed E-state index contributed by atoms with van der Waals surface area (Å²) in [7, 11) is 0. The summed E-state index contributed by atoms with van der Waals surface area (Å²) >= 11 is 9.39. The van der Waals surface area contributed by atoms with Gasteiger partial charge < -0.3 is 5.32 Å². The number of hydrogen-bond donors (Lipinski definition) is 1. The van der Waals surface area contributed by atoms with Gasteiger partial charge in [0.15, 0.2) is 0 Å². The first-order chi connectivity index (χ1) is 8.06. The number of halogens is 1. The molecule has 0 aliphatic carbocycles. The van der Waals surface area contributed by atoms with Crippen molar-refractivity contribution in [2.45, 2.75) is 32.9 Å². The summed E-state index contributed by atoms with van der Waals surface area (Å²) in [6, 6.07) is 7.12. The van der Waals surface area contributed by atoms with Gasteiger partial charge in [-0.25, -0.2) is 0 Å². The average Bonchev–Trinajstić information content (AvgIpc) is 2.87. The molecule has 2 unspecified atom stereocenters. The van der Waals surface area contributed by atoms with E-state index in [1.807, 2.05) is 17.4 Å². The average molecular weight is 286 g/mol. The smallest absolute Gasteiger partial charge is 0.0931 e. The van der Waals surface area contributed by atoms with Crippen molar-refractivity contribution in [2.24, 2.45) is 0 Å². The Balaban J connectivity index is 2.01. The van der Waals surface area contributed by atoms with Crippen LogP contribution in [0, 0.1) is 6.92 Å². The van der Waals surface area contributed by atoms with E-state index in [9.17, 15) is 0 Å². The molecule has 92 valence electrons. The van der Waals surface area contributed by atoms with Crippen LogP contribution in [0.3, 0.4) is 0 Å². The van der Waals surface area contributed by atoms with Crippen LogP contribution in [-0.4, -0.2) is 0 Å². The first kappa shape index (κ1) is 13.1. The molecule has 1 N–H and O–H groups in total. The summed E-state index contributed by atoms with van der Waals surface area (Å²) in [5.74, 6) is 0. The molecule has 1 nitrogen and oxygen atoms in total. The van der Waals surface area contributed by atoms with Crippen LogP contribution in [0.25, 0.3) is 0 Å². The molecular formula is C13H16ClNS2. The lowest BCUT2D eigenvalue weighted by Gasteiger charge is -2.18. The van der Waals surface area contributed by atoms with Crippen LogP contribution in [0.4, 0.5) is 0 Å². The lowest BCUT2D eigenvalue weighted by atomic mass is 10.1. The van der Waals surface area contributed by atoms with E-state index in [4.69, 9.17) is 11.6 Å². The second kappa shape index (κ2) is 5.53. The van der Waals surface area contributed by atoms with Gasteiger partial charge in [0.25, 0.3) is 0 Å². The van der Waals surface area contributed by atoms with Crippen LogP contribution in [0.15, 0.2) is 23.6 Å². The molecule has 2 atom stereocenters. The SMILES string of the molecule is Cc1ccc(C(C)NC(C)c2csc(Cl)c2)s1. The third-order valence-electron chi connectivity index (χ3n) is 2.78. The van der Waals surface area contributed by atoms with Gasteiger partial charge >= 0.3 is 0 Å². The molecule has 0 aliphatic rings. The van der Waals surface area contributed by atoms with Gasteiger partial charge in [-0.3, -0.25) is 0 Å². The van der Waals surface area contributed by atoms with Crippen molar-refractivity contribution in [2.75, 3.05) is 0 Å². The standard InChI is InChI=1S/C13H16ClNS2/c1-8-4-5-12(17-8)10(3)15-9(2)11-6-13(14)16-7-11/h4-7,9-10,15H,1-3H3. The van der Waals surface area contributed by atoms with Crippen molar-refractivity contribution in [1.29, 1.82) is 0 Å². The van der Waals surface area contributed by atoms with Gasteiger partial charge in [0.05, 0.1) is 4.34 Å². The van der Waals surface area contributed by atoms with Gasteiger partial charge in [0.1, 0.15) is 0 Å². The Bertz CT molecular complexity index is 445. The zero-order valence-corrected chi connectivity index (χ0v) is 12.5. The molecule has 2 aromatic heterocycles. The van der Waals surface area contributed by atoms with E-state index in [0.717, 1.165) is 4.34 Å². The van der Waals surface area contributed by atoms with Crippen molar-refractivity contribution >= 4 is 34.3 Å². The van der Waals surface area contributed by atoms with E-state index in [-0.39, 0.29) is 0 Å². The summed E-state index contributed by atoms with van der Waals surface area (Å²) in [5.41, 5.74) is 1.26. The minimum Gasteiger partial charge on any atom is -0.303 e. The second-order valence-corrected chi connectivity index (χ2v) is 7.10. The van der Waals surface area contributed by atoms with Crippen LogP contribution in [0.1, 0.15) is 41.2 Å². The van der Waals surface area contributed by atoms with Crippen LogP contribution >= 0.6 is 34.3 Å². The second-order valence-electron chi connectivity index (χ2n) is 4.24. The van der Waals surface area contributed by atoms with E-state index in [0.29, 0.717) is 12.1 Å². The quantitative estimate of drug-likeness (QED) is 0.816. The molecule has 4 heteroatoms. The normalized spacial score (nSPS) is 14.8. The highest BCUT2D eigenvalue weighted by Crippen LogP contribution is 2.28. The minimum atomic E-state index is 0.330. The van der Waals surface area contributed by atoms with Crippen LogP contribution in [0.2, 0.25) is 4.34 Å². The van der Waals surface area contributed by atoms with Crippen LogP contribution in [0.5, 0.6) is 0 Å². The largest absolute Gasteiger partial charge is 0.303 e. The van der Waals surface area contributed by atoms with Crippen molar-refractivity contribution in [1.82, 2.24) is 5.32 Å². The number of rotatable bonds is 4. The van der Waals surface area contributed by atoms with Gasteiger partial charge in [0.2, 0.25) is 0 Å². The number of hydrogen-bond acceptors (Lipinski definition) is 3. The highest BCUT2D eigenvalue weighted by Gasteiger charge is 2.13. The monoisotopic (exact) mass is 285 g/mol. The highest BCUT2D eigenvalue weighted by atomic mass is 35.5. The molecule has 0 bridgehead atoms. The maximum atomic E-state index is 5.95. The van der Waals surface area contributed by atoms with Gasteiger partial charge in [-0.2, -0.15) is 0 Å². The number of thiophene rings is 2. The molecule has 0 aromatic carbocycles. The fraction of sp³-hybridized carbons (Fsp3) is 0.385. The Hall–Kier alpha value is -0.350. The van der Waals surface area contributed by atoms with Gasteiger partial charge in [-0.15, -0.1) is 22.7 Å². The maximum absolute atomic E-state index is 5.95. The van der Waals surface area contributed by atoms with Crippen molar-refractivity contribution in [3.63, 3.8) is 0 Å². The fourth-order valence-corrected chi connectivity index (χ4v) is 3.66. The predicted molar refractivity (Wildman–Crippen MR) is 78.4 cm³/mol. The Labute approximate surface area is 115 Å². The van der Waals surface area contributed by atoms with Crippen molar-refractivity contribution < 1.29 is 0 Å². The number of aryl methyl sites for hydroxylation is 1. The Morgan fingerprint density at radius 2 is 2.00 bits per heavy atom. The molecule has 0 saturated heterocycles. The van der Waals surface area contributed by atoms with E-state index in [1.54, 1.807) is 11.3 Å². The summed E-state index contributed by atoms with van der Waals surface area (Å²) in [6.45, 7) is 6.52. The molecule has 2 aromatic rings. The highest BCUT2D eigenvalue weighted by molar-refractivity contribution is 7.14. The molecule has 2 heterocycles. The lowest BCUT2D eigenvalue weighted by Crippen LogP contribution is -2.21. The first-order valence-corrected chi connectivity index (χ1v) is 7.70. The van der Waals surface area contributed by atoms with Gasteiger partial charge in [-0.1, -0.05) is 11.6 Å². The molecular weight excluding hydrogens is 270 g/mol.